The van der Waals surface area contributed by atoms with Crippen molar-refractivity contribution < 1.29 is 18.9 Å². The van der Waals surface area contributed by atoms with Crippen molar-refractivity contribution in [1.82, 2.24) is 0 Å². The highest BCUT2D eigenvalue weighted by Crippen LogP contribution is 2.47. The molecule has 57 heavy (non-hydrogen) atoms. The van der Waals surface area contributed by atoms with E-state index in [1.165, 1.54) is 0 Å². The van der Waals surface area contributed by atoms with Crippen molar-refractivity contribution in [3.63, 3.8) is 0 Å². The Balaban J connectivity index is 1.24. The van der Waals surface area contributed by atoms with Crippen LogP contribution in [0, 0.1) is 14.3 Å². The lowest BCUT2D eigenvalue weighted by atomic mass is 9.65. The van der Waals surface area contributed by atoms with Gasteiger partial charge in [0.05, 0.1) is 5.41 Å². The molecule has 0 radical (unpaired) electrons. The Morgan fingerprint density at radius 3 is 0.509 bits per heavy atom. The van der Waals surface area contributed by atoms with Crippen molar-refractivity contribution in [3.05, 3.63) is 231 Å². The second-order valence-corrected chi connectivity index (χ2v) is 18.1. The van der Waals surface area contributed by atoms with Crippen LogP contribution in [0.25, 0.3) is 0 Å². The summed E-state index contributed by atoms with van der Waals surface area (Å²) in [6, 6.07) is 65.8. The van der Waals surface area contributed by atoms with Crippen molar-refractivity contribution in [2.45, 2.75) is 5.41 Å². The van der Waals surface area contributed by atoms with Gasteiger partial charge in [0.1, 0.15) is 46.0 Å². The van der Waals surface area contributed by atoms with E-state index in [2.05, 4.69) is 139 Å². The highest BCUT2D eigenvalue weighted by molar-refractivity contribution is 14.1. The van der Waals surface area contributed by atoms with Crippen LogP contribution in [0.15, 0.2) is 194 Å². The van der Waals surface area contributed by atoms with E-state index in [4.69, 9.17) is 18.9 Å². The van der Waals surface area contributed by atoms with Gasteiger partial charge in [-0.15, -0.1) is 0 Å². The van der Waals surface area contributed by atoms with Gasteiger partial charge < -0.3 is 18.9 Å². The standard InChI is InChI=1S/C49H32I4O4/c50-37-9-25-45(26-10-37)54-41-17-1-33(2-18-41)49(34-3-19-42(20-4-34)55-46-27-11-38(51)12-28-46,35-5-21-43(22-6-35)56-47-29-13-39(52)14-30-47)36-7-23-44(24-8-36)57-48-31-15-40(53)16-32-48/h1-32H. The molecule has 0 spiro atoms. The first kappa shape index (κ1) is 39.7. The molecule has 0 aliphatic heterocycles. The number of benzene rings is 8. The summed E-state index contributed by atoms with van der Waals surface area (Å²) in [4.78, 5) is 0. The minimum atomic E-state index is -0.772. The van der Waals surface area contributed by atoms with Gasteiger partial charge in [0.2, 0.25) is 0 Å². The third-order valence-corrected chi connectivity index (χ3v) is 12.2. The molecule has 0 aliphatic carbocycles. The van der Waals surface area contributed by atoms with E-state index >= 15 is 0 Å². The summed E-state index contributed by atoms with van der Waals surface area (Å²) >= 11 is 9.21. The molecule has 280 valence electrons. The first-order valence-corrected chi connectivity index (χ1v) is 22.3. The zero-order chi connectivity index (χ0) is 39.2. The summed E-state index contributed by atoms with van der Waals surface area (Å²) in [7, 11) is 0. The molecule has 0 fully saturated rings. The maximum atomic E-state index is 6.30. The molecular formula is C49H32I4O4. The molecule has 0 unspecified atom stereocenters. The molecule has 0 aliphatic rings. The van der Waals surface area contributed by atoms with Gasteiger partial charge in [-0.05, 0) is 258 Å². The van der Waals surface area contributed by atoms with E-state index in [-0.39, 0.29) is 0 Å². The summed E-state index contributed by atoms with van der Waals surface area (Å²) in [5.41, 5.74) is 3.46. The minimum absolute atomic E-state index is 0.748. The molecule has 0 heterocycles. The molecule has 8 rings (SSSR count). The van der Waals surface area contributed by atoms with Crippen LogP contribution in [0.2, 0.25) is 0 Å². The fourth-order valence-corrected chi connectivity index (χ4v) is 8.09. The summed E-state index contributed by atoms with van der Waals surface area (Å²) in [6.45, 7) is 0. The first-order chi connectivity index (χ1) is 27.8. The van der Waals surface area contributed by atoms with Crippen molar-refractivity contribution in [1.29, 1.82) is 0 Å². The molecule has 0 amide bonds. The fraction of sp³-hybridized carbons (Fsp3) is 0.0204. The van der Waals surface area contributed by atoms with E-state index in [9.17, 15) is 0 Å². The average molecular weight is 1190 g/mol. The van der Waals surface area contributed by atoms with Crippen molar-refractivity contribution in [2.24, 2.45) is 0 Å². The zero-order valence-electron chi connectivity index (χ0n) is 30.1. The number of halogens is 4. The second kappa shape index (κ2) is 18.2. The maximum Gasteiger partial charge on any atom is 0.127 e. The molecule has 0 bridgehead atoms. The lowest BCUT2D eigenvalue weighted by Crippen LogP contribution is -2.31. The van der Waals surface area contributed by atoms with Crippen LogP contribution in [-0.2, 0) is 5.41 Å². The molecular weight excluding hydrogens is 1160 g/mol. The monoisotopic (exact) mass is 1190 g/mol. The number of rotatable bonds is 12. The van der Waals surface area contributed by atoms with Crippen molar-refractivity contribution in [2.75, 3.05) is 0 Å². The van der Waals surface area contributed by atoms with Crippen LogP contribution >= 0.6 is 90.4 Å². The van der Waals surface area contributed by atoms with E-state index in [1.54, 1.807) is 0 Å². The van der Waals surface area contributed by atoms with Gasteiger partial charge in [0, 0.05) is 14.3 Å². The predicted molar refractivity (Wildman–Crippen MR) is 262 cm³/mol. The molecule has 8 aromatic carbocycles. The maximum absolute atomic E-state index is 6.30. The van der Waals surface area contributed by atoms with Crippen molar-refractivity contribution in [3.8, 4) is 46.0 Å². The molecule has 8 heteroatoms. The van der Waals surface area contributed by atoms with E-state index in [0.29, 0.717) is 0 Å². The molecule has 0 N–H and O–H groups in total. The highest BCUT2D eigenvalue weighted by Gasteiger charge is 2.39. The topological polar surface area (TPSA) is 36.9 Å². The Labute approximate surface area is 387 Å². The van der Waals surface area contributed by atoms with E-state index in [0.717, 1.165) is 82.5 Å². The van der Waals surface area contributed by atoms with Gasteiger partial charge in [-0.2, -0.15) is 0 Å². The van der Waals surface area contributed by atoms with Crippen molar-refractivity contribution >= 4 is 90.4 Å². The Morgan fingerprint density at radius 1 is 0.211 bits per heavy atom. The summed E-state index contributed by atoms with van der Waals surface area (Å²) in [6.07, 6.45) is 0. The van der Waals surface area contributed by atoms with Gasteiger partial charge in [0.15, 0.2) is 0 Å². The van der Waals surface area contributed by atoms with Crippen LogP contribution in [0.4, 0.5) is 0 Å². The molecule has 4 nitrogen and oxygen atoms in total. The lowest BCUT2D eigenvalue weighted by Gasteiger charge is -2.37. The first-order valence-electron chi connectivity index (χ1n) is 18.0. The van der Waals surface area contributed by atoms with Gasteiger partial charge in [-0.3, -0.25) is 0 Å². The van der Waals surface area contributed by atoms with Gasteiger partial charge >= 0.3 is 0 Å². The van der Waals surface area contributed by atoms with Gasteiger partial charge in [0.25, 0.3) is 0 Å². The molecule has 0 aromatic heterocycles. The van der Waals surface area contributed by atoms with Gasteiger partial charge in [-0.1, -0.05) is 48.5 Å². The Kier molecular flexibility index (Phi) is 12.7. The third-order valence-electron chi connectivity index (χ3n) is 9.35. The second-order valence-electron chi connectivity index (χ2n) is 13.1. The largest absolute Gasteiger partial charge is 0.457 e. The van der Waals surface area contributed by atoms with Crippen LogP contribution in [0.1, 0.15) is 22.3 Å². The lowest BCUT2D eigenvalue weighted by molar-refractivity contribution is 0.481. The Hall–Kier alpha value is -4.12. The van der Waals surface area contributed by atoms with Crippen LogP contribution < -0.4 is 18.9 Å². The average Bonchev–Trinajstić information content (AvgIpc) is 3.24. The number of hydrogen-bond acceptors (Lipinski definition) is 4. The molecule has 0 atom stereocenters. The van der Waals surface area contributed by atoms with Crippen LogP contribution in [-0.4, -0.2) is 0 Å². The summed E-state index contributed by atoms with van der Waals surface area (Å²) in [5, 5.41) is 0. The number of hydrogen-bond donors (Lipinski definition) is 0. The summed E-state index contributed by atoms with van der Waals surface area (Å²) in [5.74, 6) is 6.12. The smallest absolute Gasteiger partial charge is 0.127 e. The SMILES string of the molecule is Ic1ccc(Oc2ccc(C(c3ccc(Oc4ccc(I)cc4)cc3)(c3ccc(Oc4ccc(I)cc4)cc3)c3ccc(Oc4ccc(I)cc4)cc3)cc2)cc1. The van der Waals surface area contributed by atoms with Crippen LogP contribution in [0.3, 0.4) is 0 Å². The molecule has 0 saturated carbocycles. The van der Waals surface area contributed by atoms with E-state index < -0.39 is 5.41 Å². The zero-order valence-corrected chi connectivity index (χ0v) is 38.8. The fourth-order valence-electron chi connectivity index (χ4n) is 6.65. The Bertz CT molecular complexity index is 2170. The van der Waals surface area contributed by atoms with E-state index in [1.807, 2.05) is 146 Å². The molecule has 8 aromatic rings. The predicted octanol–water partition coefficient (Wildman–Crippen LogP) is 15.7. The number of ether oxygens (including phenoxy) is 4. The highest BCUT2D eigenvalue weighted by atomic mass is 127. The minimum Gasteiger partial charge on any atom is -0.457 e. The normalized spacial score (nSPS) is 11.2. The van der Waals surface area contributed by atoms with Gasteiger partial charge in [-0.25, -0.2) is 0 Å². The molecule has 0 saturated heterocycles. The third kappa shape index (κ3) is 9.61. The Morgan fingerprint density at radius 2 is 0.351 bits per heavy atom. The van der Waals surface area contributed by atoms with Crippen LogP contribution in [0.5, 0.6) is 46.0 Å². The quantitative estimate of drug-likeness (QED) is 0.0902. The summed E-state index contributed by atoms with van der Waals surface area (Å²) < 4.78 is 29.8.